The summed E-state index contributed by atoms with van der Waals surface area (Å²) in [5, 5.41) is 9.22. The lowest BCUT2D eigenvalue weighted by atomic mass is 10.1. The zero-order chi connectivity index (χ0) is 16.2. The third-order valence-electron chi connectivity index (χ3n) is 3.56. The molecule has 1 aliphatic heterocycles. The Morgan fingerprint density at radius 1 is 1.38 bits per heavy atom. The molecular formula is C13H21NO6S. The highest BCUT2D eigenvalue weighted by atomic mass is 32.2. The van der Waals surface area contributed by atoms with Gasteiger partial charge in [0.2, 0.25) is 5.91 Å². The zero-order valence-electron chi connectivity index (χ0n) is 12.6. The van der Waals surface area contributed by atoms with Crippen molar-refractivity contribution in [3.8, 4) is 0 Å². The van der Waals surface area contributed by atoms with Crippen LogP contribution in [0, 0.1) is 5.92 Å². The van der Waals surface area contributed by atoms with Gasteiger partial charge in [-0.05, 0) is 0 Å². The van der Waals surface area contributed by atoms with Gasteiger partial charge in [0.05, 0.1) is 6.54 Å². The molecule has 0 saturated carbocycles. The molecule has 0 unspecified atom stereocenters. The molecule has 1 heterocycles. The number of nitrogens with zero attached hydrogens (tertiary/aromatic N) is 1. The highest BCUT2D eigenvalue weighted by Gasteiger charge is 2.50. The van der Waals surface area contributed by atoms with Crippen LogP contribution in [0.5, 0.6) is 0 Å². The molecule has 1 aliphatic rings. The third kappa shape index (κ3) is 4.18. The Balaban J connectivity index is 2.85. The number of carbonyl (C=O) groups is 3. The molecular weight excluding hydrogens is 298 g/mol. The number of amides is 1. The Hall–Kier alpha value is -1.12. The lowest BCUT2D eigenvalue weighted by Gasteiger charge is -2.27. The highest BCUT2D eigenvalue weighted by Crippen LogP contribution is 2.32. The number of carbonyl (C=O) groups excluding carboxylic acids is 2. The van der Waals surface area contributed by atoms with E-state index in [0.717, 1.165) is 11.8 Å². The van der Waals surface area contributed by atoms with E-state index in [9.17, 15) is 19.5 Å². The average Bonchev–Trinajstić information content (AvgIpc) is 2.84. The van der Waals surface area contributed by atoms with Gasteiger partial charge in [0.15, 0.2) is 10.9 Å². The normalized spacial score (nSPS) is 22.1. The third-order valence-corrected chi connectivity index (χ3v) is 4.64. The first kappa shape index (κ1) is 17.9. The van der Waals surface area contributed by atoms with Crippen molar-refractivity contribution in [2.24, 2.45) is 5.92 Å². The van der Waals surface area contributed by atoms with Gasteiger partial charge in [-0.25, -0.2) is 4.79 Å². The summed E-state index contributed by atoms with van der Waals surface area (Å²) in [6, 6.07) is -0.984. The second-order valence-electron chi connectivity index (χ2n) is 5.05. The molecule has 0 aromatic rings. The largest absolute Gasteiger partial charge is 0.480 e. The first-order valence-corrected chi connectivity index (χ1v) is 7.52. The minimum atomic E-state index is -1.09. The summed E-state index contributed by atoms with van der Waals surface area (Å²) in [5.74, 6) is -2.63. The van der Waals surface area contributed by atoms with Crippen LogP contribution in [0.3, 0.4) is 0 Å². The molecule has 0 aliphatic carbocycles. The van der Waals surface area contributed by atoms with E-state index in [0.29, 0.717) is 5.75 Å². The van der Waals surface area contributed by atoms with Crippen LogP contribution >= 0.6 is 11.8 Å². The molecule has 8 heteroatoms. The number of likely N-dealkylation sites (tertiary alicyclic amines) is 1. The van der Waals surface area contributed by atoms with Gasteiger partial charge in [-0.2, -0.15) is 0 Å². The Labute approximate surface area is 128 Å². The maximum absolute atomic E-state index is 12.4. The van der Waals surface area contributed by atoms with Crippen LogP contribution in [0.25, 0.3) is 0 Å². The molecule has 120 valence electrons. The van der Waals surface area contributed by atoms with Crippen molar-refractivity contribution in [1.82, 2.24) is 4.90 Å². The summed E-state index contributed by atoms with van der Waals surface area (Å²) in [6.07, 6.45) is 0.0770. The van der Waals surface area contributed by atoms with Gasteiger partial charge >= 0.3 is 5.97 Å². The van der Waals surface area contributed by atoms with Gasteiger partial charge in [0, 0.05) is 39.2 Å². The smallest absolute Gasteiger partial charge is 0.326 e. The molecule has 1 rings (SSSR count). The summed E-state index contributed by atoms with van der Waals surface area (Å²) >= 11 is 1.05. The number of hydrogen-bond donors (Lipinski definition) is 1. The molecule has 1 amide bonds. The van der Waals surface area contributed by atoms with Crippen LogP contribution < -0.4 is 0 Å². The molecule has 0 aromatic heterocycles. The van der Waals surface area contributed by atoms with Crippen molar-refractivity contribution in [2.45, 2.75) is 32.1 Å². The number of rotatable bonds is 6. The van der Waals surface area contributed by atoms with Crippen LogP contribution in [0.15, 0.2) is 0 Å². The van der Waals surface area contributed by atoms with Crippen molar-refractivity contribution < 1.29 is 29.0 Å². The maximum atomic E-state index is 12.4. The number of ether oxygens (including phenoxy) is 2. The minimum absolute atomic E-state index is 0.0604. The van der Waals surface area contributed by atoms with Gasteiger partial charge in [0.1, 0.15) is 6.04 Å². The Morgan fingerprint density at radius 3 is 2.38 bits per heavy atom. The van der Waals surface area contributed by atoms with Crippen molar-refractivity contribution in [2.75, 3.05) is 26.5 Å². The molecule has 0 aromatic carbocycles. The number of methoxy groups -OCH3 is 2. The van der Waals surface area contributed by atoms with Crippen molar-refractivity contribution >= 4 is 28.8 Å². The summed E-state index contributed by atoms with van der Waals surface area (Å²) in [6.45, 7) is 3.17. The van der Waals surface area contributed by atoms with Gasteiger partial charge < -0.3 is 19.5 Å². The van der Waals surface area contributed by atoms with E-state index in [4.69, 9.17) is 9.47 Å². The maximum Gasteiger partial charge on any atom is 0.326 e. The molecule has 1 fully saturated rings. The Morgan fingerprint density at radius 2 is 1.95 bits per heavy atom. The van der Waals surface area contributed by atoms with Gasteiger partial charge in [-0.3, -0.25) is 9.59 Å². The summed E-state index contributed by atoms with van der Waals surface area (Å²) in [4.78, 5) is 36.0. The quantitative estimate of drug-likeness (QED) is 0.716. The monoisotopic (exact) mass is 319 g/mol. The molecule has 0 spiro atoms. The molecule has 1 saturated heterocycles. The first-order chi connectivity index (χ1) is 9.76. The standard InChI is InChI=1S/C13H21NO6S/c1-8(6-21-9(2)15)11(16)14-7-13(19-3,20-4)5-10(14)12(17)18/h8,10H,5-7H2,1-4H3,(H,17,18)/t8-,10+/m1/s1. The number of thioether (sulfide) groups is 1. The minimum Gasteiger partial charge on any atom is -0.480 e. The SMILES string of the molecule is COC1(OC)C[C@@H](C(=O)O)N(C(=O)[C@H](C)CSC(C)=O)C1. The van der Waals surface area contributed by atoms with Crippen molar-refractivity contribution in [3.63, 3.8) is 0 Å². The number of aliphatic carboxylic acids is 1. The first-order valence-electron chi connectivity index (χ1n) is 6.53. The summed E-state index contributed by atoms with van der Waals surface area (Å²) in [5.41, 5.74) is 0. The van der Waals surface area contributed by atoms with E-state index in [1.165, 1.54) is 26.0 Å². The van der Waals surface area contributed by atoms with E-state index < -0.39 is 23.7 Å². The highest BCUT2D eigenvalue weighted by molar-refractivity contribution is 8.13. The number of carboxylic acid groups (broad SMARTS) is 1. The lowest BCUT2D eigenvalue weighted by molar-refractivity contribution is -0.197. The van der Waals surface area contributed by atoms with E-state index in [1.54, 1.807) is 6.92 Å². The molecule has 21 heavy (non-hydrogen) atoms. The number of hydrogen-bond acceptors (Lipinski definition) is 6. The van der Waals surface area contributed by atoms with Crippen LogP contribution in [0.2, 0.25) is 0 Å². The fourth-order valence-electron chi connectivity index (χ4n) is 2.27. The van der Waals surface area contributed by atoms with E-state index in [-0.39, 0.29) is 24.0 Å². The Kier molecular flexibility index (Phi) is 6.18. The van der Waals surface area contributed by atoms with E-state index in [2.05, 4.69) is 0 Å². The molecule has 2 atom stereocenters. The van der Waals surface area contributed by atoms with Crippen LogP contribution in [0.1, 0.15) is 20.3 Å². The van der Waals surface area contributed by atoms with Crippen LogP contribution in [-0.4, -0.2) is 65.3 Å². The number of carboxylic acids is 1. The predicted octanol–water partition coefficient (Wildman–Crippen LogP) is 0.577. The van der Waals surface area contributed by atoms with Crippen molar-refractivity contribution in [1.29, 1.82) is 0 Å². The second-order valence-corrected chi connectivity index (χ2v) is 6.24. The van der Waals surface area contributed by atoms with Gasteiger partial charge in [-0.15, -0.1) is 0 Å². The lowest BCUT2D eigenvalue weighted by Crippen LogP contribution is -2.44. The molecule has 0 radical (unpaired) electrons. The van der Waals surface area contributed by atoms with E-state index >= 15 is 0 Å². The topological polar surface area (TPSA) is 93.1 Å². The van der Waals surface area contributed by atoms with Crippen LogP contribution in [0.4, 0.5) is 0 Å². The fourth-order valence-corrected chi connectivity index (χ4v) is 2.89. The average molecular weight is 319 g/mol. The van der Waals surface area contributed by atoms with Crippen molar-refractivity contribution in [3.05, 3.63) is 0 Å². The van der Waals surface area contributed by atoms with Gasteiger partial charge in [-0.1, -0.05) is 18.7 Å². The summed E-state index contributed by atoms with van der Waals surface area (Å²) < 4.78 is 10.5. The molecule has 1 N–H and O–H groups in total. The summed E-state index contributed by atoms with van der Waals surface area (Å²) in [7, 11) is 2.84. The molecule has 7 nitrogen and oxygen atoms in total. The van der Waals surface area contributed by atoms with Crippen LogP contribution in [-0.2, 0) is 23.9 Å². The fraction of sp³-hybridized carbons (Fsp3) is 0.769. The van der Waals surface area contributed by atoms with Gasteiger partial charge in [0.25, 0.3) is 0 Å². The Bertz CT molecular complexity index is 423. The second kappa shape index (κ2) is 7.24. The molecule has 0 bridgehead atoms. The van der Waals surface area contributed by atoms with E-state index in [1.807, 2.05) is 0 Å². The zero-order valence-corrected chi connectivity index (χ0v) is 13.4. The predicted molar refractivity (Wildman–Crippen MR) is 76.8 cm³/mol.